The molecule has 0 aromatic heterocycles. The van der Waals surface area contributed by atoms with Gasteiger partial charge in [-0.2, -0.15) is 0 Å². The molecule has 1 atom stereocenters. The molecule has 1 fully saturated rings. The van der Waals surface area contributed by atoms with Crippen LogP contribution in [-0.4, -0.2) is 58.3 Å². The Balaban J connectivity index is 1.98. The predicted octanol–water partition coefficient (Wildman–Crippen LogP) is 1.79. The van der Waals surface area contributed by atoms with Crippen LogP contribution >= 0.6 is 0 Å². The molecule has 9 heteroatoms. The van der Waals surface area contributed by atoms with Gasteiger partial charge >= 0.3 is 0 Å². The normalized spacial score (nSPS) is 18.9. The second-order valence-corrected chi connectivity index (χ2v) is 11.4. The Morgan fingerprint density at radius 1 is 1.25 bits per heavy atom. The van der Waals surface area contributed by atoms with Crippen LogP contribution in [0, 0.1) is 13.8 Å². The van der Waals surface area contributed by atoms with Crippen LogP contribution in [0.2, 0.25) is 0 Å². The minimum absolute atomic E-state index is 0.00315. The maximum Gasteiger partial charge on any atom is 0.240 e. The van der Waals surface area contributed by atoms with E-state index >= 15 is 0 Å². The molecule has 0 bridgehead atoms. The molecule has 1 N–H and O–H groups in total. The van der Waals surface area contributed by atoms with Gasteiger partial charge in [0.2, 0.25) is 15.9 Å². The number of hydrogen-bond donors (Lipinski definition) is 1. The van der Waals surface area contributed by atoms with Crippen LogP contribution in [-0.2, 0) is 24.7 Å². The summed E-state index contributed by atoms with van der Waals surface area (Å²) in [7, 11) is -6.78. The molecule has 1 unspecified atom stereocenters. The van der Waals surface area contributed by atoms with Crippen LogP contribution in [0.3, 0.4) is 0 Å². The number of nitrogens with one attached hydrogen (secondary N) is 1. The molecule has 0 radical (unpaired) electrons. The van der Waals surface area contributed by atoms with E-state index in [2.05, 4.69) is 4.72 Å². The first-order valence-corrected chi connectivity index (χ1v) is 12.9. The number of carbonyl (C=O) groups excluding carboxylic acids is 1. The van der Waals surface area contributed by atoms with Gasteiger partial charge in [-0.1, -0.05) is 19.4 Å². The number of carbonyl (C=O) groups is 1. The Morgan fingerprint density at radius 3 is 2.54 bits per heavy atom. The van der Waals surface area contributed by atoms with Gasteiger partial charge in [0, 0.05) is 25.6 Å². The molecule has 158 valence electrons. The van der Waals surface area contributed by atoms with Crippen molar-refractivity contribution in [2.24, 2.45) is 0 Å². The molecule has 2 rings (SSSR count). The lowest BCUT2D eigenvalue weighted by atomic mass is 10.1. The summed E-state index contributed by atoms with van der Waals surface area (Å²) in [4.78, 5) is 14.5. The quantitative estimate of drug-likeness (QED) is 0.644. The highest BCUT2D eigenvalue weighted by Gasteiger charge is 2.34. The zero-order valence-corrected chi connectivity index (χ0v) is 18.4. The van der Waals surface area contributed by atoms with Crippen molar-refractivity contribution in [2.45, 2.75) is 57.4 Å². The third-order valence-electron chi connectivity index (χ3n) is 5.14. The van der Waals surface area contributed by atoms with Gasteiger partial charge in [-0.15, -0.1) is 0 Å². The lowest BCUT2D eigenvalue weighted by molar-refractivity contribution is -0.133. The summed E-state index contributed by atoms with van der Waals surface area (Å²) in [6.07, 6.45) is 2.13. The van der Waals surface area contributed by atoms with Gasteiger partial charge in [0.1, 0.15) is 0 Å². The van der Waals surface area contributed by atoms with E-state index in [1.54, 1.807) is 23.1 Å². The average molecular weight is 431 g/mol. The zero-order valence-electron chi connectivity index (χ0n) is 16.8. The van der Waals surface area contributed by atoms with Gasteiger partial charge in [-0.25, -0.2) is 21.6 Å². The fourth-order valence-corrected chi connectivity index (χ4v) is 6.11. The van der Waals surface area contributed by atoms with E-state index in [1.807, 2.05) is 20.8 Å². The van der Waals surface area contributed by atoms with Crippen molar-refractivity contribution >= 4 is 25.8 Å². The maximum absolute atomic E-state index is 12.7. The second-order valence-electron chi connectivity index (χ2n) is 7.39. The number of nitrogens with zero attached hydrogens (tertiary/aromatic N) is 1. The highest BCUT2D eigenvalue weighted by Crippen LogP contribution is 2.19. The number of rotatable bonds is 9. The smallest absolute Gasteiger partial charge is 0.240 e. The van der Waals surface area contributed by atoms with Gasteiger partial charge in [-0.3, -0.25) is 4.79 Å². The Bertz CT molecular complexity index is 910. The van der Waals surface area contributed by atoms with E-state index in [1.165, 1.54) is 0 Å². The van der Waals surface area contributed by atoms with Crippen molar-refractivity contribution in [1.82, 2.24) is 9.62 Å². The van der Waals surface area contributed by atoms with E-state index in [4.69, 9.17) is 0 Å². The summed E-state index contributed by atoms with van der Waals surface area (Å²) < 4.78 is 50.9. The minimum atomic E-state index is -3.69. The summed E-state index contributed by atoms with van der Waals surface area (Å²) >= 11 is 0. The largest absolute Gasteiger partial charge is 0.339 e. The molecule has 1 aliphatic rings. The van der Waals surface area contributed by atoms with Crippen LogP contribution in [0.25, 0.3) is 0 Å². The molecule has 1 aromatic carbocycles. The van der Waals surface area contributed by atoms with E-state index in [9.17, 15) is 21.6 Å². The summed E-state index contributed by atoms with van der Waals surface area (Å²) in [6.45, 7) is 6.24. The fourth-order valence-electron chi connectivity index (χ4n) is 3.26. The predicted molar refractivity (Wildman–Crippen MR) is 109 cm³/mol. The number of sulfone groups is 1. The van der Waals surface area contributed by atoms with Gasteiger partial charge in [-0.05, 0) is 49.9 Å². The number of benzene rings is 1. The van der Waals surface area contributed by atoms with E-state index in [0.717, 1.165) is 24.0 Å². The summed E-state index contributed by atoms with van der Waals surface area (Å²) in [5.74, 6) is -0.109. The molecule has 1 amide bonds. The lowest BCUT2D eigenvalue weighted by Crippen LogP contribution is -2.43. The van der Waals surface area contributed by atoms with Crippen LogP contribution in [0.4, 0.5) is 0 Å². The highest BCUT2D eigenvalue weighted by atomic mass is 32.2. The Hall–Kier alpha value is -1.45. The number of hydrogen-bond acceptors (Lipinski definition) is 5. The molecule has 1 heterocycles. The van der Waals surface area contributed by atoms with Crippen molar-refractivity contribution < 1.29 is 21.6 Å². The molecule has 1 saturated heterocycles. The highest BCUT2D eigenvalue weighted by molar-refractivity contribution is 7.91. The van der Waals surface area contributed by atoms with Gasteiger partial charge in [0.25, 0.3) is 0 Å². The molecule has 28 heavy (non-hydrogen) atoms. The first-order chi connectivity index (χ1) is 13.1. The van der Waals surface area contributed by atoms with E-state index in [0.29, 0.717) is 13.0 Å². The van der Waals surface area contributed by atoms with E-state index < -0.39 is 19.9 Å². The zero-order chi connectivity index (χ0) is 20.9. The molecular formula is C19H30N2O5S2. The molecular weight excluding hydrogens is 400 g/mol. The standard InChI is InChI=1S/C19H30N2O5S2/c1-4-5-11-21(17-9-12-27(23,24)14-17)19(22)8-10-20-28(25,26)18-7-6-15(2)16(3)13-18/h6-7,13,17,20H,4-5,8-12,14H2,1-3H3. The van der Waals surface area contributed by atoms with Crippen molar-refractivity contribution in [3.05, 3.63) is 29.3 Å². The topological polar surface area (TPSA) is 101 Å². The Kier molecular flexibility index (Phi) is 7.64. The first-order valence-electron chi connectivity index (χ1n) is 9.62. The summed E-state index contributed by atoms with van der Waals surface area (Å²) in [5, 5.41) is 0. The van der Waals surface area contributed by atoms with Crippen LogP contribution < -0.4 is 4.72 Å². The average Bonchev–Trinajstić information content (AvgIpc) is 2.97. The van der Waals surface area contributed by atoms with Crippen LogP contribution in [0.1, 0.15) is 43.7 Å². The van der Waals surface area contributed by atoms with Crippen molar-refractivity contribution in [2.75, 3.05) is 24.6 Å². The number of unbranched alkanes of at least 4 members (excludes halogenated alkanes) is 1. The van der Waals surface area contributed by atoms with Gasteiger partial charge < -0.3 is 4.90 Å². The second kappa shape index (κ2) is 9.37. The van der Waals surface area contributed by atoms with Crippen molar-refractivity contribution in [3.8, 4) is 0 Å². The minimum Gasteiger partial charge on any atom is -0.339 e. The fraction of sp³-hybridized carbons (Fsp3) is 0.632. The SMILES string of the molecule is CCCCN(C(=O)CCNS(=O)(=O)c1ccc(C)c(C)c1)C1CCS(=O)(=O)C1. The van der Waals surface area contributed by atoms with Crippen LogP contribution in [0.15, 0.2) is 23.1 Å². The lowest BCUT2D eigenvalue weighted by Gasteiger charge is -2.28. The maximum atomic E-state index is 12.7. The first kappa shape index (κ1) is 22.8. The third kappa shape index (κ3) is 6.02. The third-order valence-corrected chi connectivity index (χ3v) is 8.35. The number of aryl methyl sites for hydroxylation is 2. The Labute approximate surface area is 168 Å². The molecule has 0 saturated carbocycles. The number of amides is 1. The van der Waals surface area contributed by atoms with Crippen LogP contribution in [0.5, 0.6) is 0 Å². The molecule has 0 spiro atoms. The number of sulfonamides is 1. The van der Waals surface area contributed by atoms with Crippen molar-refractivity contribution in [1.29, 1.82) is 0 Å². The molecule has 7 nitrogen and oxygen atoms in total. The monoisotopic (exact) mass is 430 g/mol. The molecule has 1 aliphatic heterocycles. The Morgan fingerprint density at radius 2 is 1.96 bits per heavy atom. The molecule has 0 aliphatic carbocycles. The van der Waals surface area contributed by atoms with Gasteiger partial charge in [0.05, 0.1) is 16.4 Å². The van der Waals surface area contributed by atoms with Gasteiger partial charge in [0.15, 0.2) is 9.84 Å². The summed E-state index contributed by atoms with van der Waals surface area (Å²) in [6, 6.07) is 4.60. The molecule has 1 aromatic rings. The van der Waals surface area contributed by atoms with E-state index in [-0.39, 0.29) is 41.3 Å². The van der Waals surface area contributed by atoms with Crippen molar-refractivity contribution in [3.63, 3.8) is 0 Å². The summed E-state index contributed by atoms with van der Waals surface area (Å²) in [5.41, 5.74) is 1.89.